The number of aromatic nitrogens is 3. The highest BCUT2D eigenvalue weighted by Gasteiger charge is 2.30. The van der Waals surface area contributed by atoms with Gasteiger partial charge in [0.25, 0.3) is 0 Å². The number of hydrogen-bond acceptors (Lipinski definition) is 2. The van der Waals surface area contributed by atoms with Gasteiger partial charge in [0, 0.05) is 34.7 Å². The minimum Gasteiger partial charge on any atom is -0.283 e. The van der Waals surface area contributed by atoms with E-state index in [1.165, 1.54) is 60.7 Å². The van der Waals surface area contributed by atoms with Gasteiger partial charge in [-0.05, 0) is 69.5 Å². The quantitative estimate of drug-likeness (QED) is 0.287. The molecule has 3 heterocycles. The van der Waals surface area contributed by atoms with Gasteiger partial charge in [-0.2, -0.15) is 0 Å². The van der Waals surface area contributed by atoms with Gasteiger partial charge in [0.2, 0.25) is 0 Å². The summed E-state index contributed by atoms with van der Waals surface area (Å²) in [5.74, 6) is 0. The maximum absolute atomic E-state index is 4.72. The largest absolute Gasteiger partial charge is 0.283 e. The van der Waals surface area contributed by atoms with Gasteiger partial charge >= 0.3 is 0 Å². The zero-order valence-electron chi connectivity index (χ0n) is 16.8. The predicted molar refractivity (Wildman–Crippen MR) is 124 cm³/mol. The first-order valence-corrected chi connectivity index (χ1v) is 10.8. The van der Waals surface area contributed by atoms with E-state index in [4.69, 9.17) is 4.98 Å². The summed E-state index contributed by atoms with van der Waals surface area (Å²) < 4.78 is 2.11. The average molecular weight is 395 g/mol. The third kappa shape index (κ3) is 1.85. The predicted octanol–water partition coefficient (Wildman–Crippen LogP) is 6.18. The molecule has 0 aliphatic heterocycles. The van der Waals surface area contributed by atoms with Gasteiger partial charge in [0.15, 0.2) is 0 Å². The van der Waals surface area contributed by atoms with Crippen LogP contribution in [0.2, 0.25) is 0 Å². The number of nitrogens with zero attached hydrogens (tertiary/aromatic N) is 3. The molecule has 144 valence electrons. The Hall–Kier alpha value is -3.98. The SMILES string of the molecule is c1ccc2c(c1)Cc1ccc3c(c1-2)Cc1ccc2c(c1-3)c1cccnc1n1ccnc21. The lowest BCUT2D eigenvalue weighted by Gasteiger charge is -2.13. The monoisotopic (exact) mass is 395 g/mol. The first-order valence-electron chi connectivity index (χ1n) is 10.8. The van der Waals surface area contributed by atoms with E-state index < -0.39 is 0 Å². The molecule has 0 radical (unpaired) electrons. The van der Waals surface area contributed by atoms with E-state index in [9.17, 15) is 0 Å². The highest BCUT2D eigenvalue weighted by atomic mass is 15.0. The van der Waals surface area contributed by atoms with E-state index in [2.05, 4.69) is 64.0 Å². The van der Waals surface area contributed by atoms with Crippen LogP contribution < -0.4 is 0 Å². The normalized spacial score (nSPS) is 13.5. The van der Waals surface area contributed by atoms with Crippen molar-refractivity contribution in [1.29, 1.82) is 0 Å². The lowest BCUT2D eigenvalue weighted by molar-refractivity contribution is 1.20. The number of benzene rings is 3. The van der Waals surface area contributed by atoms with Gasteiger partial charge in [-0.3, -0.25) is 4.40 Å². The lowest BCUT2D eigenvalue weighted by Crippen LogP contribution is -1.94. The van der Waals surface area contributed by atoms with Crippen LogP contribution in [0, 0.1) is 0 Å². The minimum atomic E-state index is 0.968. The molecule has 0 atom stereocenters. The fraction of sp³-hybridized carbons (Fsp3) is 0.0714. The molecule has 8 rings (SSSR count). The maximum Gasteiger partial charge on any atom is 0.146 e. The van der Waals surface area contributed by atoms with Crippen LogP contribution in [-0.2, 0) is 12.8 Å². The van der Waals surface area contributed by atoms with Gasteiger partial charge < -0.3 is 0 Å². The summed E-state index contributed by atoms with van der Waals surface area (Å²) in [6, 6.07) is 22.4. The summed E-state index contributed by atoms with van der Waals surface area (Å²) in [5, 5.41) is 3.66. The van der Waals surface area contributed by atoms with Crippen molar-refractivity contribution in [1.82, 2.24) is 14.4 Å². The van der Waals surface area contributed by atoms with Crippen LogP contribution in [0.4, 0.5) is 0 Å². The molecule has 0 spiro atoms. The molecule has 3 nitrogen and oxygen atoms in total. The standard InChI is InChI=1S/C28H17N3/c1-2-5-19-16(4-1)14-17-7-9-20-23(24(17)19)15-18-8-10-22-26(25(18)20)21-6-3-11-29-27(21)31-13-12-30-28(22)31/h1-13H,14-15H2. The van der Waals surface area contributed by atoms with Crippen molar-refractivity contribution in [3.05, 3.63) is 102 Å². The van der Waals surface area contributed by atoms with Crippen LogP contribution in [0.1, 0.15) is 22.3 Å². The molecule has 0 saturated heterocycles. The van der Waals surface area contributed by atoms with Crippen molar-refractivity contribution in [3.8, 4) is 22.3 Å². The first-order chi connectivity index (χ1) is 15.4. The molecule has 2 aliphatic rings. The second-order valence-corrected chi connectivity index (χ2v) is 8.65. The highest BCUT2D eigenvalue weighted by molar-refractivity contribution is 6.19. The molecule has 3 aromatic carbocycles. The number of hydrogen-bond donors (Lipinski definition) is 0. The Morgan fingerprint density at radius 2 is 1.42 bits per heavy atom. The van der Waals surface area contributed by atoms with Gasteiger partial charge in [0.05, 0.1) is 0 Å². The van der Waals surface area contributed by atoms with Gasteiger partial charge in [-0.1, -0.05) is 48.5 Å². The molecule has 31 heavy (non-hydrogen) atoms. The molecule has 6 aromatic rings. The number of imidazole rings is 1. The summed E-state index contributed by atoms with van der Waals surface area (Å²) in [7, 11) is 0. The second-order valence-electron chi connectivity index (χ2n) is 8.65. The van der Waals surface area contributed by atoms with Crippen molar-refractivity contribution in [2.45, 2.75) is 12.8 Å². The van der Waals surface area contributed by atoms with E-state index in [0.29, 0.717) is 0 Å². The molecular formula is C28H17N3. The van der Waals surface area contributed by atoms with Crippen LogP contribution >= 0.6 is 0 Å². The zero-order chi connectivity index (χ0) is 20.1. The fourth-order valence-corrected chi connectivity index (χ4v) is 5.94. The van der Waals surface area contributed by atoms with E-state index >= 15 is 0 Å². The van der Waals surface area contributed by atoms with Crippen LogP contribution in [0.5, 0.6) is 0 Å². The molecular weight excluding hydrogens is 378 g/mol. The second kappa shape index (κ2) is 5.38. The first kappa shape index (κ1) is 15.8. The summed E-state index contributed by atoms with van der Waals surface area (Å²) in [6.07, 6.45) is 7.77. The van der Waals surface area contributed by atoms with E-state index in [1.807, 2.05) is 24.7 Å². The minimum absolute atomic E-state index is 0.968. The molecule has 0 fully saturated rings. The van der Waals surface area contributed by atoms with Crippen LogP contribution in [0.3, 0.4) is 0 Å². The topological polar surface area (TPSA) is 30.2 Å². The Morgan fingerprint density at radius 3 is 2.39 bits per heavy atom. The zero-order valence-corrected chi connectivity index (χ0v) is 16.8. The Balaban J connectivity index is 1.55. The Labute approximate surface area is 178 Å². The van der Waals surface area contributed by atoms with Gasteiger partial charge in [-0.25, -0.2) is 9.97 Å². The molecule has 2 aliphatic carbocycles. The third-order valence-electron chi connectivity index (χ3n) is 7.16. The van der Waals surface area contributed by atoms with Crippen molar-refractivity contribution < 1.29 is 0 Å². The average Bonchev–Trinajstić information content (AvgIpc) is 3.53. The summed E-state index contributed by atoms with van der Waals surface area (Å²) in [5.41, 5.74) is 13.3. The van der Waals surface area contributed by atoms with Gasteiger partial charge in [-0.15, -0.1) is 0 Å². The van der Waals surface area contributed by atoms with Crippen molar-refractivity contribution in [2.24, 2.45) is 0 Å². The van der Waals surface area contributed by atoms with Gasteiger partial charge in [0.1, 0.15) is 11.3 Å². The molecule has 3 aromatic heterocycles. The number of pyridine rings is 2. The molecule has 0 saturated carbocycles. The van der Waals surface area contributed by atoms with E-state index in [1.54, 1.807) is 0 Å². The summed E-state index contributed by atoms with van der Waals surface area (Å²) >= 11 is 0. The Bertz CT molecular complexity index is 1740. The lowest BCUT2D eigenvalue weighted by atomic mass is 9.93. The van der Waals surface area contributed by atoms with E-state index in [0.717, 1.165) is 24.1 Å². The van der Waals surface area contributed by atoms with Crippen molar-refractivity contribution >= 4 is 27.5 Å². The molecule has 0 bridgehead atoms. The fourth-order valence-electron chi connectivity index (χ4n) is 5.94. The summed E-state index contributed by atoms with van der Waals surface area (Å²) in [4.78, 5) is 9.41. The van der Waals surface area contributed by atoms with Crippen LogP contribution in [0.15, 0.2) is 79.3 Å². The highest BCUT2D eigenvalue weighted by Crippen LogP contribution is 2.50. The summed E-state index contributed by atoms with van der Waals surface area (Å²) in [6.45, 7) is 0. The molecule has 0 unspecified atom stereocenters. The van der Waals surface area contributed by atoms with E-state index in [-0.39, 0.29) is 0 Å². The maximum atomic E-state index is 4.72. The van der Waals surface area contributed by atoms with Crippen molar-refractivity contribution in [3.63, 3.8) is 0 Å². The molecule has 3 heteroatoms. The number of rotatable bonds is 0. The van der Waals surface area contributed by atoms with Crippen LogP contribution in [0.25, 0.3) is 49.7 Å². The Morgan fingerprint density at radius 1 is 0.613 bits per heavy atom. The molecule has 0 amide bonds. The smallest absolute Gasteiger partial charge is 0.146 e. The number of fused-ring (bicyclic) bond motifs is 14. The Kier molecular flexibility index (Phi) is 2.74. The molecule has 0 N–H and O–H groups in total. The van der Waals surface area contributed by atoms with Crippen molar-refractivity contribution in [2.75, 3.05) is 0 Å². The van der Waals surface area contributed by atoms with Crippen LogP contribution in [-0.4, -0.2) is 14.4 Å². The third-order valence-corrected chi connectivity index (χ3v) is 7.16.